The molecule has 1 rings (SSSR count). The van der Waals surface area contributed by atoms with Gasteiger partial charge in [-0.05, 0) is 26.0 Å². The quantitative estimate of drug-likeness (QED) is 0.806. The van der Waals surface area contributed by atoms with Crippen molar-refractivity contribution in [3.05, 3.63) is 23.8 Å². The van der Waals surface area contributed by atoms with Crippen molar-refractivity contribution in [3.63, 3.8) is 0 Å². The van der Waals surface area contributed by atoms with Gasteiger partial charge in [-0.3, -0.25) is 4.79 Å². The Balaban J connectivity index is 2.85. The minimum atomic E-state index is -0.262. The number of hydrogen-bond acceptors (Lipinski definition) is 4. The molecular formula is C13H17N3O2. The summed E-state index contributed by atoms with van der Waals surface area (Å²) in [5.74, 6) is -0.262. The number of hydrogen-bond donors (Lipinski definition) is 2. The monoisotopic (exact) mass is 247 g/mol. The maximum atomic E-state index is 11.5. The number of nitrogens with zero attached hydrogens (tertiary/aromatic N) is 1. The second-order valence-corrected chi connectivity index (χ2v) is 3.56. The number of anilines is 2. The van der Waals surface area contributed by atoms with Crippen LogP contribution in [0.25, 0.3) is 0 Å². The first kappa shape index (κ1) is 14.0. The highest BCUT2D eigenvalue weighted by molar-refractivity contribution is 5.94. The van der Waals surface area contributed by atoms with Crippen LogP contribution in [0.2, 0.25) is 0 Å². The van der Waals surface area contributed by atoms with Gasteiger partial charge in [0.1, 0.15) is 12.7 Å². The lowest BCUT2D eigenvalue weighted by Crippen LogP contribution is -2.19. The van der Waals surface area contributed by atoms with Crippen molar-refractivity contribution in [2.24, 2.45) is 0 Å². The molecule has 1 aromatic rings. The predicted molar refractivity (Wildman–Crippen MR) is 70.4 cm³/mol. The van der Waals surface area contributed by atoms with Crippen LogP contribution in [0.4, 0.5) is 11.4 Å². The van der Waals surface area contributed by atoms with Crippen molar-refractivity contribution in [1.82, 2.24) is 0 Å². The number of nitrogens with one attached hydrogen (secondary N) is 2. The molecule has 5 heteroatoms. The van der Waals surface area contributed by atoms with E-state index in [1.165, 1.54) is 0 Å². The Labute approximate surface area is 107 Å². The average molecular weight is 247 g/mol. The zero-order valence-corrected chi connectivity index (χ0v) is 10.6. The van der Waals surface area contributed by atoms with E-state index in [2.05, 4.69) is 16.7 Å². The van der Waals surface area contributed by atoms with Crippen LogP contribution < -0.4 is 10.6 Å². The third kappa shape index (κ3) is 3.75. The molecule has 0 heterocycles. The van der Waals surface area contributed by atoms with Gasteiger partial charge < -0.3 is 15.4 Å². The van der Waals surface area contributed by atoms with E-state index in [-0.39, 0.29) is 12.5 Å². The number of carbonyl (C=O) groups is 1. The second kappa shape index (κ2) is 7.30. The van der Waals surface area contributed by atoms with E-state index in [1.807, 2.05) is 13.8 Å². The van der Waals surface area contributed by atoms with Gasteiger partial charge in [-0.1, -0.05) is 6.07 Å². The Morgan fingerprint density at radius 1 is 1.39 bits per heavy atom. The van der Waals surface area contributed by atoms with Gasteiger partial charge in [0.05, 0.1) is 16.9 Å². The summed E-state index contributed by atoms with van der Waals surface area (Å²) in [5, 5.41) is 14.9. The van der Waals surface area contributed by atoms with Gasteiger partial charge in [-0.2, -0.15) is 5.26 Å². The van der Waals surface area contributed by atoms with Crippen LogP contribution in [0.5, 0.6) is 0 Å². The number of nitriles is 1. The summed E-state index contributed by atoms with van der Waals surface area (Å²) in [6.07, 6.45) is 0. The van der Waals surface area contributed by atoms with E-state index in [9.17, 15) is 4.79 Å². The van der Waals surface area contributed by atoms with Gasteiger partial charge in [0.2, 0.25) is 5.91 Å². The summed E-state index contributed by atoms with van der Waals surface area (Å²) in [6.45, 7) is 4.95. The molecule has 0 unspecified atom stereocenters. The van der Waals surface area contributed by atoms with Gasteiger partial charge >= 0.3 is 0 Å². The van der Waals surface area contributed by atoms with Gasteiger partial charge in [0.25, 0.3) is 0 Å². The first-order chi connectivity index (χ1) is 8.72. The molecular weight excluding hydrogens is 230 g/mol. The Morgan fingerprint density at radius 3 is 2.72 bits per heavy atom. The molecule has 96 valence electrons. The number of rotatable bonds is 6. The minimum absolute atomic E-state index is 0.00714. The number of ether oxygens (including phenoxy) is 1. The molecule has 0 atom stereocenters. The van der Waals surface area contributed by atoms with E-state index in [0.29, 0.717) is 30.1 Å². The highest BCUT2D eigenvalue weighted by Crippen LogP contribution is 2.23. The van der Waals surface area contributed by atoms with E-state index in [0.717, 1.165) is 0 Å². The van der Waals surface area contributed by atoms with Crippen LogP contribution >= 0.6 is 0 Å². The van der Waals surface area contributed by atoms with Crippen LogP contribution in [-0.2, 0) is 9.53 Å². The largest absolute Gasteiger partial charge is 0.384 e. The molecule has 0 aliphatic heterocycles. The molecule has 2 N–H and O–H groups in total. The highest BCUT2D eigenvalue weighted by atomic mass is 16.5. The highest BCUT2D eigenvalue weighted by Gasteiger charge is 2.10. The van der Waals surface area contributed by atoms with Crippen LogP contribution in [-0.4, -0.2) is 25.7 Å². The third-order valence-corrected chi connectivity index (χ3v) is 2.25. The Hall–Kier alpha value is -2.06. The van der Waals surface area contributed by atoms with Crippen molar-refractivity contribution in [3.8, 4) is 6.07 Å². The molecule has 1 amide bonds. The SMILES string of the molecule is CCNc1cccc(NC(=O)COCC)c1C#N. The van der Waals surface area contributed by atoms with Gasteiger partial charge in [0, 0.05) is 13.2 Å². The number of benzene rings is 1. The standard InChI is InChI=1S/C13H17N3O2/c1-3-15-11-6-5-7-12(10(11)8-14)16-13(17)9-18-4-2/h5-7,15H,3-4,9H2,1-2H3,(H,16,17). The average Bonchev–Trinajstić information content (AvgIpc) is 2.37. The fourth-order valence-electron chi connectivity index (χ4n) is 1.50. The number of carbonyl (C=O) groups excluding carboxylic acids is 1. The molecule has 5 nitrogen and oxygen atoms in total. The van der Waals surface area contributed by atoms with Gasteiger partial charge in [-0.15, -0.1) is 0 Å². The van der Waals surface area contributed by atoms with Crippen molar-refractivity contribution in [2.75, 3.05) is 30.4 Å². The first-order valence-corrected chi connectivity index (χ1v) is 5.87. The van der Waals surface area contributed by atoms with Crippen LogP contribution in [0, 0.1) is 11.3 Å². The molecule has 0 aliphatic carbocycles. The molecule has 1 aromatic carbocycles. The molecule has 18 heavy (non-hydrogen) atoms. The fraction of sp³-hybridized carbons (Fsp3) is 0.385. The maximum Gasteiger partial charge on any atom is 0.250 e. The lowest BCUT2D eigenvalue weighted by Gasteiger charge is -2.11. The molecule has 0 bridgehead atoms. The number of amides is 1. The first-order valence-electron chi connectivity index (χ1n) is 5.87. The van der Waals surface area contributed by atoms with Crippen LogP contribution in [0.15, 0.2) is 18.2 Å². The Bertz CT molecular complexity index is 452. The summed E-state index contributed by atoms with van der Waals surface area (Å²) < 4.78 is 5.01. The summed E-state index contributed by atoms with van der Waals surface area (Å²) in [7, 11) is 0. The molecule has 0 saturated carbocycles. The minimum Gasteiger partial charge on any atom is -0.384 e. The molecule has 0 spiro atoms. The molecule has 0 radical (unpaired) electrons. The molecule has 0 aromatic heterocycles. The second-order valence-electron chi connectivity index (χ2n) is 3.56. The van der Waals surface area contributed by atoms with Gasteiger partial charge in [-0.25, -0.2) is 0 Å². The summed E-state index contributed by atoms with van der Waals surface area (Å²) in [6, 6.07) is 7.38. The summed E-state index contributed by atoms with van der Waals surface area (Å²) in [5.41, 5.74) is 1.65. The van der Waals surface area contributed by atoms with Crippen molar-refractivity contribution in [2.45, 2.75) is 13.8 Å². The van der Waals surface area contributed by atoms with Crippen molar-refractivity contribution in [1.29, 1.82) is 5.26 Å². The smallest absolute Gasteiger partial charge is 0.250 e. The van der Waals surface area contributed by atoms with Gasteiger partial charge in [0.15, 0.2) is 0 Å². The normalized spacial score (nSPS) is 9.61. The van der Waals surface area contributed by atoms with Crippen molar-refractivity contribution >= 4 is 17.3 Å². The molecule has 0 fully saturated rings. The predicted octanol–water partition coefficient (Wildman–Crippen LogP) is 1.97. The maximum absolute atomic E-state index is 11.5. The van der Waals surface area contributed by atoms with E-state index in [1.54, 1.807) is 18.2 Å². The fourth-order valence-corrected chi connectivity index (χ4v) is 1.50. The molecule has 0 aliphatic rings. The summed E-state index contributed by atoms with van der Waals surface area (Å²) >= 11 is 0. The van der Waals surface area contributed by atoms with Crippen LogP contribution in [0.3, 0.4) is 0 Å². The van der Waals surface area contributed by atoms with Crippen molar-refractivity contribution < 1.29 is 9.53 Å². The van der Waals surface area contributed by atoms with E-state index in [4.69, 9.17) is 10.00 Å². The summed E-state index contributed by atoms with van der Waals surface area (Å²) in [4.78, 5) is 11.5. The molecule has 0 saturated heterocycles. The lowest BCUT2D eigenvalue weighted by atomic mass is 10.1. The lowest BCUT2D eigenvalue weighted by molar-refractivity contribution is -0.120. The zero-order chi connectivity index (χ0) is 13.4. The van der Waals surface area contributed by atoms with Crippen LogP contribution in [0.1, 0.15) is 19.4 Å². The third-order valence-electron chi connectivity index (χ3n) is 2.25. The van der Waals surface area contributed by atoms with E-state index < -0.39 is 0 Å². The van der Waals surface area contributed by atoms with E-state index >= 15 is 0 Å². The Morgan fingerprint density at radius 2 is 2.11 bits per heavy atom. The Kier molecular flexibility index (Phi) is 5.68. The zero-order valence-electron chi connectivity index (χ0n) is 10.6. The topological polar surface area (TPSA) is 74.2 Å².